The van der Waals surface area contributed by atoms with Crippen LogP contribution in [0.3, 0.4) is 0 Å². The van der Waals surface area contributed by atoms with Crippen LogP contribution >= 0.6 is 15.9 Å². The number of urea groups is 1. The van der Waals surface area contributed by atoms with Gasteiger partial charge in [0.15, 0.2) is 11.4 Å². The summed E-state index contributed by atoms with van der Waals surface area (Å²) in [5, 5.41) is 12.7. The fourth-order valence-corrected chi connectivity index (χ4v) is 4.85. The topological polar surface area (TPSA) is 130 Å². The molecule has 5 aromatic rings. The van der Waals surface area contributed by atoms with Gasteiger partial charge in [0.1, 0.15) is 17.9 Å². The fourth-order valence-electron chi connectivity index (χ4n) is 4.59. The van der Waals surface area contributed by atoms with Gasteiger partial charge < -0.3 is 26.0 Å². The summed E-state index contributed by atoms with van der Waals surface area (Å²) in [5.41, 5.74) is 3.73. The minimum Gasteiger partial charge on any atom is -0.455 e. The van der Waals surface area contributed by atoms with Crippen molar-refractivity contribution in [1.29, 1.82) is 0 Å². The van der Waals surface area contributed by atoms with E-state index in [1.165, 1.54) is 6.33 Å². The molecule has 0 bridgehead atoms. The number of halogens is 1. The van der Waals surface area contributed by atoms with Crippen molar-refractivity contribution < 1.29 is 14.3 Å². The number of anilines is 4. The Kier molecular flexibility index (Phi) is 10.8. The normalized spacial score (nSPS) is 10.9. The molecule has 2 aromatic heterocycles. The minimum absolute atomic E-state index is 0.249. The van der Waals surface area contributed by atoms with Crippen molar-refractivity contribution in [1.82, 2.24) is 20.3 Å². The van der Waals surface area contributed by atoms with Crippen molar-refractivity contribution in [2.45, 2.75) is 46.0 Å². The van der Waals surface area contributed by atoms with E-state index in [4.69, 9.17) is 9.72 Å². The molecule has 0 aliphatic heterocycles. The zero-order valence-electron chi connectivity index (χ0n) is 25.9. The van der Waals surface area contributed by atoms with Gasteiger partial charge in [0.2, 0.25) is 0 Å². The van der Waals surface area contributed by atoms with Crippen molar-refractivity contribution in [3.8, 4) is 11.5 Å². The van der Waals surface area contributed by atoms with Crippen LogP contribution in [0.2, 0.25) is 0 Å². The maximum absolute atomic E-state index is 13.2. The van der Waals surface area contributed by atoms with Gasteiger partial charge in [-0.3, -0.25) is 4.79 Å². The van der Waals surface area contributed by atoms with Gasteiger partial charge in [-0.2, -0.15) is 0 Å². The summed E-state index contributed by atoms with van der Waals surface area (Å²) in [7, 11) is 0. The van der Waals surface area contributed by atoms with Crippen molar-refractivity contribution >= 4 is 61.8 Å². The number of hydrogen-bond donors (Lipinski definition) is 4. The van der Waals surface area contributed by atoms with E-state index in [1.807, 2.05) is 36.4 Å². The SMILES string of the molecule is CCCCCNC(=O)Nc1ccc(Oc2ccc(C(=O)Nc3ccc(Br)cc3)cc2Nc2ncnc3nc(C(C)C)ccc23)cc1. The van der Waals surface area contributed by atoms with Gasteiger partial charge in [0, 0.05) is 33.6 Å². The van der Waals surface area contributed by atoms with Crippen LogP contribution in [0.5, 0.6) is 11.5 Å². The number of unbranched alkanes of at least 4 members (excludes halogenated alkanes) is 2. The average Bonchev–Trinajstić information content (AvgIpc) is 3.05. The molecule has 3 amide bonds. The van der Waals surface area contributed by atoms with E-state index in [-0.39, 0.29) is 17.9 Å². The molecule has 3 aromatic carbocycles. The number of benzene rings is 3. The first-order valence-electron chi connectivity index (χ1n) is 15.2. The molecular weight excluding hydrogens is 646 g/mol. The summed E-state index contributed by atoms with van der Waals surface area (Å²) in [6.07, 6.45) is 4.56. The predicted octanol–water partition coefficient (Wildman–Crippen LogP) is 9.01. The van der Waals surface area contributed by atoms with Crippen molar-refractivity contribution in [2.24, 2.45) is 0 Å². The molecule has 10 nitrogen and oxygen atoms in total. The molecule has 0 fully saturated rings. The van der Waals surface area contributed by atoms with E-state index in [0.717, 1.165) is 34.8 Å². The lowest BCUT2D eigenvalue weighted by Gasteiger charge is -2.16. The Balaban J connectivity index is 1.40. The smallest absolute Gasteiger partial charge is 0.319 e. The number of nitrogens with zero attached hydrogens (tertiary/aromatic N) is 3. The number of carbonyl (C=O) groups excluding carboxylic acids is 2. The Bertz CT molecular complexity index is 1810. The Morgan fingerprint density at radius 2 is 1.61 bits per heavy atom. The maximum Gasteiger partial charge on any atom is 0.319 e. The zero-order valence-corrected chi connectivity index (χ0v) is 27.5. The van der Waals surface area contributed by atoms with Crippen LogP contribution < -0.4 is 26.0 Å². The van der Waals surface area contributed by atoms with Gasteiger partial charge in [-0.25, -0.2) is 19.7 Å². The summed E-state index contributed by atoms with van der Waals surface area (Å²) in [6, 6.07) is 23.2. The highest BCUT2D eigenvalue weighted by Gasteiger charge is 2.15. The highest BCUT2D eigenvalue weighted by molar-refractivity contribution is 9.10. The van der Waals surface area contributed by atoms with Gasteiger partial charge in [0.25, 0.3) is 5.91 Å². The summed E-state index contributed by atoms with van der Waals surface area (Å²) >= 11 is 3.42. The van der Waals surface area contributed by atoms with Gasteiger partial charge >= 0.3 is 6.03 Å². The number of hydrogen-bond acceptors (Lipinski definition) is 7. The highest BCUT2D eigenvalue weighted by Crippen LogP contribution is 2.35. The van der Waals surface area contributed by atoms with E-state index in [1.54, 1.807) is 42.5 Å². The molecule has 0 spiro atoms. The Labute approximate surface area is 276 Å². The molecule has 11 heteroatoms. The third-order valence-electron chi connectivity index (χ3n) is 7.11. The largest absolute Gasteiger partial charge is 0.455 e. The second-order valence-corrected chi connectivity index (χ2v) is 11.9. The lowest BCUT2D eigenvalue weighted by atomic mass is 10.1. The standard InChI is InChI=1S/C35H36BrN7O3/c1-4-5-6-19-37-35(45)41-26-12-14-27(15-13-26)46-31-18-7-23(34(44)40-25-10-8-24(36)9-11-25)20-30(31)43-33-28-16-17-29(22(2)3)42-32(28)38-21-39-33/h7-18,20-22H,4-6,19H2,1-3H3,(H,40,44)(H2,37,41,45)(H,38,39,42,43). The number of rotatable bonds is 12. The second-order valence-electron chi connectivity index (χ2n) is 11.0. The van der Waals surface area contributed by atoms with Gasteiger partial charge in [-0.05, 0) is 91.2 Å². The van der Waals surface area contributed by atoms with Crippen molar-refractivity contribution in [3.05, 3.63) is 101 Å². The number of carbonyl (C=O) groups is 2. The first-order chi connectivity index (χ1) is 22.3. The van der Waals surface area contributed by atoms with Gasteiger partial charge in [0.05, 0.1) is 11.1 Å². The summed E-state index contributed by atoms with van der Waals surface area (Å²) in [5.74, 6) is 1.50. The Hall–Kier alpha value is -5.03. The molecule has 0 radical (unpaired) electrons. The van der Waals surface area contributed by atoms with Crippen LogP contribution in [0, 0.1) is 0 Å². The van der Waals surface area contributed by atoms with E-state index < -0.39 is 0 Å². The molecule has 4 N–H and O–H groups in total. The Morgan fingerprint density at radius 3 is 2.35 bits per heavy atom. The third-order valence-corrected chi connectivity index (χ3v) is 7.64. The molecule has 0 atom stereocenters. The molecule has 2 heterocycles. The molecule has 0 aliphatic rings. The van der Waals surface area contributed by atoms with E-state index in [0.29, 0.717) is 52.1 Å². The van der Waals surface area contributed by atoms with E-state index in [9.17, 15) is 9.59 Å². The molecule has 0 saturated carbocycles. The number of aromatic nitrogens is 3. The molecule has 0 unspecified atom stereocenters. The van der Waals surface area contributed by atoms with Gasteiger partial charge in [-0.1, -0.05) is 49.5 Å². The molecule has 46 heavy (non-hydrogen) atoms. The Morgan fingerprint density at radius 1 is 0.870 bits per heavy atom. The summed E-state index contributed by atoms with van der Waals surface area (Å²) < 4.78 is 7.19. The van der Waals surface area contributed by atoms with Gasteiger partial charge in [-0.15, -0.1) is 0 Å². The maximum atomic E-state index is 13.2. The first-order valence-corrected chi connectivity index (χ1v) is 16.0. The lowest BCUT2D eigenvalue weighted by molar-refractivity contribution is 0.102. The summed E-state index contributed by atoms with van der Waals surface area (Å²) in [6.45, 7) is 6.91. The highest BCUT2D eigenvalue weighted by atomic mass is 79.9. The molecule has 236 valence electrons. The van der Waals surface area contributed by atoms with Crippen molar-refractivity contribution in [2.75, 3.05) is 22.5 Å². The fraction of sp³-hybridized carbons (Fsp3) is 0.229. The van der Waals surface area contributed by atoms with Crippen LogP contribution in [-0.2, 0) is 0 Å². The van der Waals surface area contributed by atoms with E-state index >= 15 is 0 Å². The van der Waals surface area contributed by atoms with E-state index in [2.05, 4.69) is 67.9 Å². The molecule has 5 rings (SSSR count). The predicted molar refractivity (Wildman–Crippen MR) is 186 cm³/mol. The first kappa shape index (κ1) is 32.4. The van der Waals surface area contributed by atoms with Crippen LogP contribution in [0.1, 0.15) is 62.0 Å². The minimum atomic E-state index is -0.281. The zero-order chi connectivity index (χ0) is 32.5. The lowest BCUT2D eigenvalue weighted by Crippen LogP contribution is -2.29. The average molecular weight is 683 g/mol. The molecule has 0 saturated heterocycles. The molecular formula is C35H36BrN7O3. The quantitative estimate of drug-likeness (QED) is 0.0967. The number of fused-ring (bicyclic) bond motifs is 1. The van der Waals surface area contributed by atoms with Crippen molar-refractivity contribution in [3.63, 3.8) is 0 Å². The number of ether oxygens (including phenoxy) is 1. The number of amides is 3. The monoisotopic (exact) mass is 681 g/mol. The summed E-state index contributed by atoms with van der Waals surface area (Å²) in [4.78, 5) is 39.0. The van der Waals surface area contributed by atoms with Crippen LogP contribution in [-0.4, -0.2) is 33.4 Å². The molecule has 0 aliphatic carbocycles. The van der Waals surface area contributed by atoms with Crippen LogP contribution in [0.25, 0.3) is 11.0 Å². The second kappa shape index (κ2) is 15.3. The number of pyridine rings is 1. The third kappa shape index (κ3) is 8.57. The van der Waals surface area contributed by atoms with Crippen LogP contribution in [0.4, 0.5) is 27.7 Å². The number of nitrogens with one attached hydrogen (secondary N) is 4. The van der Waals surface area contributed by atoms with Crippen LogP contribution in [0.15, 0.2) is 89.7 Å².